The highest BCUT2D eigenvalue weighted by atomic mass is 19.4. The third kappa shape index (κ3) is 5.26. The number of carbonyl (C=O) groups is 1. The van der Waals surface area contributed by atoms with Crippen molar-refractivity contribution in [2.75, 3.05) is 25.3 Å². The van der Waals surface area contributed by atoms with Crippen molar-refractivity contribution in [1.29, 1.82) is 0 Å². The van der Waals surface area contributed by atoms with Gasteiger partial charge in [0, 0.05) is 17.9 Å². The van der Waals surface area contributed by atoms with Crippen LogP contribution < -0.4 is 20.1 Å². The molecule has 1 amide bonds. The number of amides is 1. The Morgan fingerprint density at radius 3 is 2.58 bits per heavy atom. The Kier molecular flexibility index (Phi) is 5.99. The molecule has 4 rings (SSSR count). The van der Waals surface area contributed by atoms with Gasteiger partial charge in [-0.05, 0) is 55.3 Å². The minimum atomic E-state index is -4.43. The van der Waals surface area contributed by atoms with Crippen molar-refractivity contribution < 1.29 is 32.2 Å². The number of guanidine groups is 1. The van der Waals surface area contributed by atoms with Gasteiger partial charge in [-0.3, -0.25) is 10.1 Å². The minimum Gasteiger partial charge on any atom is -0.454 e. The lowest BCUT2D eigenvalue weighted by atomic mass is 10.2. The van der Waals surface area contributed by atoms with E-state index in [9.17, 15) is 18.0 Å². The summed E-state index contributed by atoms with van der Waals surface area (Å²) in [4.78, 5) is 17.1. The average molecular weight is 435 g/mol. The number of alkyl halides is 3. The van der Waals surface area contributed by atoms with Crippen LogP contribution in [0.5, 0.6) is 11.5 Å². The maximum absolute atomic E-state index is 12.8. The van der Waals surface area contributed by atoms with Crippen LogP contribution in [0, 0.1) is 0 Å². The highest BCUT2D eigenvalue weighted by Crippen LogP contribution is 2.32. The molecule has 2 aromatic rings. The molecule has 7 nitrogen and oxygen atoms in total. The molecule has 31 heavy (non-hydrogen) atoms. The Balaban J connectivity index is 1.49. The number of fused-ring (bicyclic) bond motifs is 1. The van der Waals surface area contributed by atoms with Gasteiger partial charge < -0.3 is 19.5 Å². The summed E-state index contributed by atoms with van der Waals surface area (Å²) in [7, 11) is 0. The van der Waals surface area contributed by atoms with E-state index in [0.717, 1.165) is 25.0 Å². The quantitative estimate of drug-likeness (QED) is 0.564. The van der Waals surface area contributed by atoms with Gasteiger partial charge in [0.25, 0.3) is 5.91 Å². The number of carbonyl (C=O) groups excluding carboxylic acids is 1. The molecule has 0 radical (unpaired) electrons. The molecule has 10 heteroatoms. The largest absolute Gasteiger partial charge is 0.454 e. The monoisotopic (exact) mass is 435 g/mol. The summed E-state index contributed by atoms with van der Waals surface area (Å²) in [6.45, 7) is 1.06. The zero-order chi connectivity index (χ0) is 21.8. The summed E-state index contributed by atoms with van der Waals surface area (Å²) < 4.78 is 54.5. The molecule has 0 saturated carbocycles. The average Bonchev–Trinajstić information content (AvgIpc) is 3.43. The first-order chi connectivity index (χ1) is 14.9. The van der Waals surface area contributed by atoms with Crippen molar-refractivity contribution in [2.45, 2.75) is 25.1 Å². The molecule has 2 aliphatic heterocycles. The van der Waals surface area contributed by atoms with Crippen LogP contribution in [-0.4, -0.2) is 37.9 Å². The molecular formula is C21H20F3N3O4. The lowest BCUT2D eigenvalue weighted by Crippen LogP contribution is -2.36. The molecule has 0 spiro atoms. The number of rotatable bonds is 4. The van der Waals surface area contributed by atoms with E-state index in [2.05, 4.69) is 15.6 Å². The zero-order valence-corrected chi connectivity index (χ0v) is 16.4. The predicted octanol–water partition coefficient (Wildman–Crippen LogP) is 3.81. The number of aliphatic imine (C=N–C) groups is 1. The first kappa shape index (κ1) is 21.0. The molecule has 164 valence electrons. The van der Waals surface area contributed by atoms with E-state index >= 15 is 0 Å². The molecule has 1 saturated heterocycles. The third-order valence-electron chi connectivity index (χ3n) is 4.82. The van der Waals surface area contributed by atoms with Gasteiger partial charge in [-0.15, -0.1) is 0 Å². The summed E-state index contributed by atoms with van der Waals surface area (Å²) in [6.07, 6.45) is -2.70. The van der Waals surface area contributed by atoms with Gasteiger partial charge in [0.2, 0.25) is 12.8 Å². The third-order valence-corrected chi connectivity index (χ3v) is 4.82. The van der Waals surface area contributed by atoms with E-state index in [0.29, 0.717) is 35.9 Å². The molecule has 2 heterocycles. The van der Waals surface area contributed by atoms with Crippen LogP contribution >= 0.6 is 0 Å². The van der Waals surface area contributed by atoms with Crippen LogP contribution in [0.4, 0.5) is 18.9 Å². The lowest BCUT2D eigenvalue weighted by molar-refractivity contribution is -0.137. The molecule has 2 aliphatic rings. The van der Waals surface area contributed by atoms with Crippen molar-refractivity contribution in [3.63, 3.8) is 0 Å². The Labute approximate surface area is 176 Å². The van der Waals surface area contributed by atoms with Crippen LogP contribution in [0.2, 0.25) is 0 Å². The maximum Gasteiger partial charge on any atom is 0.416 e. The number of nitrogens with zero attached hydrogens (tertiary/aromatic N) is 1. The van der Waals surface area contributed by atoms with E-state index in [1.165, 1.54) is 12.1 Å². The lowest BCUT2D eigenvalue weighted by Gasteiger charge is -2.14. The molecule has 1 unspecified atom stereocenters. The molecule has 0 aliphatic carbocycles. The minimum absolute atomic E-state index is 0.0631. The van der Waals surface area contributed by atoms with Crippen molar-refractivity contribution in [3.8, 4) is 11.5 Å². The second-order valence-corrected chi connectivity index (χ2v) is 7.05. The molecule has 1 atom stereocenters. The number of hydrogen-bond donors (Lipinski definition) is 2. The second kappa shape index (κ2) is 8.84. The van der Waals surface area contributed by atoms with Gasteiger partial charge in [0.1, 0.15) is 0 Å². The molecule has 0 bridgehead atoms. The standard InChI is InChI=1S/C21H20F3N3O4/c22-21(23,24)14-4-6-15(7-5-14)26-20(25-11-16-2-1-9-29-16)27-19(28)13-3-8-17-18(10-13)31-12-30-17/h3-8,10,16H,1-2,9,11-12H2,(H2,25,26,27,28). The van der Waals surface area contributed by atoms with Crippen LogP contribution in [0.3, 0.4) is 0 Å². The molecule has 1 fully saturated rings. The van der Waals surface area contributed by atoms with Crippen molar-refractivity contribution >= 4 is 17.6 Å². The highest BCUT2D eigenvalue weighted by molar-refractivity contribution is 6.10. The fraction of sp³-hybridized carbons (Fsp3) is 0.333. The summed E-state index contributed by atoms with van der Waals surface area (Å²) >= 11 is 0. The van der Waals surface area contributed by atoms with Gasteiger partial charge in [-0.2, -0.15) is 13.2 Å². The zero-order valence-electron chi connectivity index (χ0n) is 16.4. The van der Waals surface area contributed by atoms with Crippen LogP contribution in [0.25, 0.3) is 0 Å². The summed E-state index contributed by atoms with van der Waals surface area (Å²) in [5.41, 5.74) is -0.0892. The molecule has 2 aromatic carbocycles. The first-order valence-electron chi connectivity index (χ1n) is 9.70. The smallest absolute Gasteiger partial charge is 0.416 e. The number of anilines is 1. The van der Waals surface area contributed by atoms with Crippen molar-refractivity contribution in [3.05, 3.63) is 53.6 Å². The van der Waals surface area contributed by atoms with Crippen molar-refractivity contribution in [2.24, 2.45) is 4.99 Å². The Morgan fingerprint density at radius 2 is 1.87 bits per heavy atom. The number of nitrogens with one attached hydrogen (secondary N) is 2. The second-order valence-electron chi connectivity index (χ2n) is 7.05. The van der Waals surface area contributed by atoms with Gasteiger partial charge in [0.05, 0.1) is 18.2 Å². The van der Waals surface area contributed by atoms with Crippen LogP contribution in [0.15, 0.2) is 47.5 Å². The van der Waals surface area contributed by atoms with E-state index in [1.807, 2.05) is 0 Å². The van der Waals surface area contributed by atoms with Gasteiger partial charge in [-0.1, -0.05) is 0 Å². The first-order valence-corrected chi connectivity index (χ1v) is 9.70. The van der Waals surface area contributed by atoms with E-state index in [4.69, 9.17) is 14.2 Å². The number of ether oxygens (including phenoxy) is 3. The summed E-state index contributed by atoms with van der Waals surface area (Å²) in [5.74, 6) is 0.662. The Morgan fingerprint density at radius 1 is 1.10 bits per heavy atom. The van der Waals surface area contributed by atoms with Crippen LogP contribution in [0.1, 0.15) is 28.8 Å². The Bertz CT molecular complexity index is 971. The number of hydrogen-bond acceptors (Lipinski definition) is 5. The van der Waals surface area contributed by atoms with Crippen molar-refractivity contribution in [1.82, 2.24) is 5.32 Å². The van der Waals surface area contributed by atoms with E-state index in [-0.39, 0.29) is 18.9 Å². The maximum atomic E-state index is 12.8. The van der Waals surface area contributed by atoms with E-state index < -0.39 is 17.6 Å². The SMILES string of the molecule is O=C(NC(=NCC1CCCO1)Nc1ccc(C(F)(F)F)cc1)c1ccc2c(c1)OCO2. The molecule has 2 N–H and O–H groups in total. The number of benzene rings is 2. The normalized spacial score (nSPS) is 18.2. The number of halogens is 3. The van der Waals surface area contributed by atoms with E-state index in [1.54, 1.807) is 18.2 Å². The van der Waals surface area contributed by atoms with Crippen LogP contribution in [-0.2, 0) is 10.9 Å². The summed E-state index contributed by atoms with van der Waals surface area (Å²) in [5, 5.41) is 5.54. The fourth-order valence-electron chi connectivity index (χ4n) is 3.19. The van der Waals surface area contributed by atoms with Gasteiger partial charge in [0.15, 0.2) is 11.5 Å². The molecule has 0 aromatic heterocycles. The Hall–Kier alpha value is -3.27. The molecular weight excluding hydrogens is 415 g/mol. The van der Waals surface area contributed by atoms with Gasteiger partial charge in [-0.25, -0.2) is 4.99 Å². The predicted molar refractivity (Wildman–Crippen MR) is 106 cm³/mol. The topological polar surface area (TPSA) is 81.2 Å². The highest BCUT2D eigenvalue weighted by Gasteiger charge is 2.30. The summed E-state index contributed by atoms with van der Waals surface area (Å²) in [6, 6.07) is 9.23. The van der Waals surface area contributed by atoms with Gasteiger partial charge >= 0.3 is 6.18 Å². The fourth-order valence-corrected chi connectivity index (χ4v) is 3.19.